The lowest BCUT2D eigenvalue weighted by atomic mass is 9.72. The van der Waals surface area contributed by atoms with Gasteiger partial charge in [-0.1, -0.05) is 25.1 Å². The van der Waals surface area contributed by atoms with Gasteiger partial charge in [0.2, 0.25) is 0 Å². The lowest BCUT2D eigenvalue weighted by molar-refractivity contribution is 0.192. The van der Waals surface area contributed by atoms with Gasteiger partial charge in [-0.25, -0.2) is 0 Å². The fourth-order valence-corrected chi connectivity index (χ4v) is 5.32. The van der Waals surface area contributed by atoms with Gasteiger partial charge in [-0.05, 0) is 42.7 Å². The summed E-state index contributed by atoms with van der Waals surface area (Å²) in [6.45, 7) is 2.29. The highest BCUT2D eigenvalue weighted by atomic mass is 16.5. The van der Waals surface area contributed by atoms with E-state index in [-0.39, 0.29) is 6.10 Å². The van der Waals surface area contributed by atoms with Crippen molar-refractivity contribution in [3.8, 4) is 5.75 Å². The van der Waals surface area contributed by atoms with Crippen molar-refractivity contribution in [2.75, 3.05) is 23.9 Å². The molecule has 6 rings (SSSR count). The average molecular weight is 342 g/mol. The molecule has 130 valence electrons. The molecule has 3 heteroatoms. The van der Waals surface area contributed by atoms with E-state index < -0.39 is 0 Å². The molecule has 2 aromatic rings. The Morgan fingerprint density at radius 2 is 1.62 bits per heavy atom. The largest absolute Gasteiger partial charge is 0.486 e. The molecular weight excluding hydrogens is 320 g/mol. The number of benzene rings is 2. The van der Waals surface area contributed by atoms with Crippen molar-refractivity contribution in [3.63, 3.8) is 0 Å². The smallest absolute Gasteiger partial charge is 0.126 e. The van der Waals surface area contributed by atoms with Crippen molar-refractivity contribution in [2.45, 2.75) is 25.4 Å². The summed E-state index contributed by atoms with van der Waals surface area (Å²) in [5.41, 5.74) is 9.45. The summed E-state index contributed by atoms with van der Waals surface area (Å²) >= 11 is 0. The van der Waals surface area contributed by atoms with Gasteiger partial charge in [-0.3, -0.25) is 0 Å². The zero-order valence-corrected chi connectivity index (χ0v) is 15.4. The number of ether oxygens (including phenoxy) is 1. The summed E-state index contributed by atoms with van der Waals surface area (Å²) in [6, 6.07) is 13.2. The second kappa shape index (κ2) is 4.73. The van der Waals surface area contributed by atoms with Gasteiger partial charge in [0.15, 0.2) is 0 Å². The molecule has 3 unspecified atom stereocenters. The zero-order valence-electron chi connectivity index (χ0n) is 15.4. The van der Waals surface area contributed by atoms with Crippen LogP contribution in [-0.4, -0.2) is 20.2 Å². The predicted molar refractivity (Wildman–Crippen MR) is 106 cm³/mol. The van der Waals surface area contributed by atoms with Crippen LogP contribution in [0.3, 0.4) is 0 Å². The lowest BCUT2D eigenvalue weighted by Gasteiger charge is -2.48. The summed E-state index contributed by atoms with van der Waals surface area (Å²) in [6.07, 6.45) is 5.85. The van der Waals surface area contributed by atoms with Gasteiger partial charge < -0.3 is 14.5 Å². The van der Waals surface area contributed by atoms with Gasteiger partial charge in [-0.15, -0.1) is 0 Å². The van der Waals surface area contributed by atoms with Crippen LogP contribution in [-0.2, 0) is 0 Å². The van der Waals surface area contributed by atoms with Crippen LogP contribution in [0.2, 0.25) is 0 Å². The molecule has 26 heavy (non-hydrogen) atoms. The number of rotatable bonds is 0. The standard InChI is InChI=1S/C23H22N2O/c1-13-10-11-17-22-19(12-13)26-18-9-5-8-16-21(18)23(22)20-14(24(16)2)6-4-7-15(20)25(17)3/h4-11,13,19,23H,12H2,1-3H3. The molecule has 3 nitrogen and oxygen atoms in total. The summed E-state index contributed by atoms with van der Waals surface area (Å²) in [5, 5.41) is 0. The first-order valence-corrected chi connectivity index (χ1v) is 9.47. The molecule has 2 aromatic carbocycles. The van der Waals surface area contributed by atoms with Crippen molar-refractivity contribution < 1.29 is 4.74 Å². The van der Waals surface area contributed by atoms with E-state index in [1.54, 1.807) is 0 Å². The summed E-state index contributed by atoms with van der Waals surface area (Å²) in [5.74, 6) is 1.88. The maximum atomic E-state index is 6.59. The molecule has 0 N–H and O–H groups in total. The second-order valence-electron chi connectivity index (χ2n) is 7.97. The summed E-state index contributed by atoms with van der Waals surface area (Å²) in [7, 11) is 4.37. The number of likely N-dealkylation sites (N-methyl/N-ethyl adjacent to an activating group) is 1. The predicted octanol–water partition coefficient (Wildman–Crippen LogP) is 4.96. The molecule has 0 bridgehead atoms. The lowest BCUT2D eigenvalue weighted by Crippen LogP contribution is -2.40. The normalized spacial score (nSPS) is 27.1. The van der Waals surface area contributed by atoms with Crippen LogP contribution in [0.15, 0.2) is 59.8 Å². The molecule has 0 saturated carbocycles. The zero-order chi connectivity index (χ0) is 17.6. The Kier molecular flexibility index (Phi) is 2.63. The molecular formula is C23H22N2O. The molecule has 3 aliphatic heterocycles. The van der Waals surface area contributed by atoms with Crippen molar-refractivity contribution in [2.24, 2.45) is 5.92 Å². The van der Waals surface area contributed by atoms with E-state index >= 15 is 0 Å². The highest BCUT2D eigenvalue weighted by Gasteiger charge is 2.47. The number of allylic oxidation sites excluding steroid dienone is 2. The Balaban J connectivity index is 1.75. The topological polar surface area (TPSA) is 15.7 Å². The van der Waals surface area contributed by atoms with Gasteiger partial charge in [0, 0.05) is 59.5 Å². The van der Waals surface area contributed by atoms with Crippen LogP contribution in [0, 0.1) is 5.92 Å². The van der Waals surface area contributed by atoms with E-state index in [4.69, 9.17) is 4.74 Å². The molecule has 1 aliphatic carbocycles. The quantitative estimate of drug-likeness (QED) is 0.673. The van der Waals surface area contributed by atoms with Crippen LogP contribution in [0.25, 0.3) is 0 Å². The van der Waals surface area contributed by atoms with Gasteiger partial charge in [0.05, 0.1) is 0 Å². The Morgan fingerprint density at radius 3 is 2.42 bits per heavy atom. The first-order chi connectivity index (χ1) is 12.6. The third-order valence-electron chi connectivity index (χ3n) is 6.52. The molecule has 0 fully saturated rings. The molecule has 0 saturated heterocycles. The van der Waals surface area contributed by atoms with Crippen LogP contribution in [0.1, 0.15) is 30.4 Å². The average Bonchev–Trinajstić information content (AvgIpc) is 2.81. The van der Waals surface area contributed by atoms with E-state index in [0.29, 0.717) is 11.8 Å². The van der Waals surface area contributed by atoms with E-state index in [1.807, 2.05) is 0 Å². The van der Waals surface area contributed by atoms with E-state index in [0.717, 1.165) is 12.2 Å². The Bertz CT molecular complexity index is 1020. The fourth-order valence-electron chi connectivity index (χ4n) is 5.32. The molecule has 3 heterocycles. The highest BCUT2D eigenvalue weighted by molar-refractivity contribution is 5.88. The molecule has 0 amide bonds. The third-order valence-corrected chi connectivity index (χ3v) is 6.52. The van der Waals surface area contributed by atoms with Crippen molar-refractivity contribution in [1.82, 2.24) is 0 Å². The van der Waals surface area contributed by atoms with Crippen molar-refractivity contribution in [3.05, 3.63) is 70.9 Å². The van der Waals surface area contributed by atoms with Crippen LogP contribution < -0.4 is 14.5 Å². The van der Waals surface area contributed by atoms with Gasteiger partial charge >= 0.3 is 0 Å². The summed E-state index contributed by atoms with van der Waals surface area (Å²) < 4.78 is 6.59. The van der Waals surface area contributed by atoms with Crippen LogP contribution in [0.5, 0.6) is 5.75 Å². The Morgan fingerprint density at radius 1 is 0.923 bits per heavy atom. The monoisotopic (exact) mass is 342 g/mol. The van der Waals surface area contributed by atoms with E-state index in [9.17, 15) is 0 Å². The maximum absolute atomic E-state index is 6.59. The molecule has 0 aromatic heterocycles. The minimum absolute atomic E-state index is 0.148. The first-order valence-electron chi connectivity index (χ1n) is 9.47. The first kappa shape index (κ1) is 14.5. The number of hydrogen-bond donors (Lipinski definition) is 0. The third kappa shape index (κ3) is 1.59. The van der Waals surface area contributed by atoms with Gasteiger partial charge in [-0.2, -0.15) is 0 Å². The van der Waals surface area contributed by atoms with Gasteiger partial charge in [0.1, 0.15) is 11.9 Å². The van der Waals surface area contributed by atoms with Crippen LogP contribution in [0.4, 0.5) is 17.1 Å². The second-order valence-corrected chi connectivity index (χ2v) is 7.97. The van der Waals surface area contributed by atoms with Crippen molar-refractivity contribution >= 4 is 17.1 Å². The highest BCUT2D eigenvalue weighted by Crippen LogP contribution is 2.60. The van der Waals surface area contributed by atoms with Crippen LogP contribution >= 0.6 is 0 Å². The SMILES string of the molecule is CC1C=CC2=C3C(C1)Oc1cccc4c1C3c1c(cccc1N4C)N2C. The number of anilines is 3. The van der Waals surface area contributed by atoms with Gasteiger partial charge in [0.25, 0.3) is 0 Å². The Hall–Kier alpha value is -2.68. The summed E-state index contributed by atoms with van der Waals surface area (Å²) in [4.78, 5) is 4.69. The van der Waals surface area contributed by atoms with E-state index in [1.165, 1.54) is 39.5 Å². The number of hydrogen-bond acceptors (Lipinski definition) is 3. The molecule has 0 radical (unpaired) electrons. The van der Waals surface area contributed by atoms with E-state index in [2.05, 4.69) is 79.4 Å². The fraction of sp³-hybridized carbons (Fsp3) is 0.304. The molecule has 3 atom stereocenters. The maximum Gasteiger partial charge on any atom is 0.126 e. The minimum atomic E-state index is 0.148. The Labute approximate surface area is 154 Å². The van der Waals surface area contributed by atoms with Crippen molar-refractivity contribution in [1.29, 1.82) is 0 Å². The minimum Gasteiger partial charge on any atom is -0.486 e. The molecule has 4 aliphatic rings. The molecule has 0 spiro atoms. The number of nitrogens with zero attached hydrogens (tertiary/aromatic N) is 2.